The molecule has 0 bridgehead atoms. The van der Waals surface area contributed by atoms with Gasteiger partial charge in [-0.05, 0) is 51.5 Å². The number of hydrogen-bond acceptors (Lipinski definition) is 6. The normalized spacial score (nSPS) is 17.0. The second-order valence-electron chi connectivity index (χ2n) is 7.62. The smallest absolute Gasteiger partial charge is 0.0642 e. The van der Waals surface area contributed by atoms with Crippen LogP contribution in [0.15, 0.2) is 24.3 Å². The minimum Gasteiger partial charge on any atom is -0.378 e. The summed E-state index contributed by atoms with van der Waals surface area (Å²) in [5.74, 6) is 0. The molecule has 0 saturated carbocycles. The number of aromatic nitrogens is 2. The molecule has 2 aliphatic heterocycles. The molecule has 2 aromatic heterocycles. The lowest BCUT2D eigenvalue weighted by Crippen LogP contribution is -2.36. The highest BCUT2D eigenvalue weighted by atomic mass is 16.5. The van der Waals surface area contributed by atoms with Crippen molar-refractivity contribution in [3.05, 3.63) is 47.0 Å². The summed E-state index contributed by atoms with van der Waals surface area (Å²) in [6.45, 7) is 15.6. The minimum absolute atomic E-state index is 0.834. The van der Waals surface area contributed by atoms with Crippen LogP contribution in [0.4, 0.5) is 11.4 Å². The van der Waals surface area contributed by atoms with Gasteiger partial charge in [0.25, 0.3) is 0 Å². The summed E-state index contributed by atoms with van der Waals surface area (Å²) in [5.41, 5.74) is 7.03. The molecule has 0 amide bonds. The Kier molecular flexibility index (Phi) is 7.83. The zero-order chi connectivity index (χ0) is 20.6. The molecule has 4 rings (SSSR count). The first kappa shape index (κ1) is 21.5. The van der Waals surface area contributed by atoms with Gasteiger partial charge in [-0.3, -0.25) is 9.97 Å². The number of hydrogen-bond donors (Lipinski definition) is 0. The van der Waals surface area contributed by atoms with E-state index >= 15 is 0 Å². The number of rotatable bonds is 3. The lowest BCUT2D eigenvalue weighted by molar-refractivity contribution is 0.122. The lowest BCUT2D eigenvalue weighted by atomic mass is 10.2. The summed E-state index contributed by atoms with van der Waals surface area (Å²) in [5, 5.41) is 0. The van der Waals surface area contributed by atoms with Gasteiger partial charge in [-0.25, -0.2) is 0 Å². The molecular formula is C23H34N4O2. The van der Waals surface area contributed by atoms with Crippen LogP contribution in [0.3, 0.4) is 0 Å². The number of anilines is 2. The van der Waals surface area contributed by atoms with Gasteiger partial charge in [-0.1, -0.05) is 6.92 Å². The summed E-state index contributed by atoms with van der Waals surface area (Å²) < 4.78 is 10.7. The van der Waals surface area contributed by atoms with Gasteiger partial charge in [0.2, 0.25) is 0 Å². The summed E-state index contributed by atoms with van der Waals surface area (Å²) >= 11 is 0. The van der Waals surface area contributed by atoms with Crippen LogP contribution in [0, 0.1) is 20.8 Å². The Labute approximate surface area is 174 Å². The van der Waals surface area contributed by atoms with E-state index in [0.29, 0.717) is 0 Å². The van der Waals surface area contributed by atoms with E-state index in [4.69, 9.17) is 9.47 Å². The number of pyridine rings is 2. The van der Waals surface area contributed by atoms with Crippen molar-refractivity contribution >= 4 is 11.4 Å². The molecule has 158 valence electrons. The van der Waals surface area contributed by atoms with Crippen LogP contribution in [-0.4, -0.2) is 62.6 Å². The largest absolute Gasteiger partial charge is 0.378 e. The fourth-order valence-corrected chi connectivity index (χ4v) is 3.72. The topological polar surface area (TPSA) is 50.7 Å². The van der Waals surface area contributed by atoms with E-state index in [1.54, 1.807) is 0 Å². The number of morpholine rings is 2. The van der Waals surface area contributed by atoms with Gasteiger partial charge in [0.15, 0.2) is 0 Å². The van der Waals surface area contributed by atoms with Crippen LogP contribution in [0.5, 0.6) is 0 Å². The number of ether oxygens (including phenoxy) is 2. The number of aryl methyl sites for hydroxylation is 4. The molecule has 0 atom stereocenters. The molecule has 2 aliphatic rings. The van der Waals surface area contributed by atoms with E-state index in [1.165, 1.54) is 17.1 Å². The molecular weight excluding hydrogens is 364 g/mol. The van der Waals surface area contributed by atoms with Crippen LogP contribution in [-0.2, 0) is 15.9 Å². The van der Waals surface area contributed by atoms with Gasteiger partial charge >= 0.3 is 0 Å². The lowest BCUT2D eigenvalue weighted by Gasteiger charge is -2.29. The Morgan fingerprint density at radius 1 is 0.690 bits per heavy atom. The third-order valence-electron chi connectivity index (χ3n) is 5.17. The molecule has 0 radical (unpaired) electrons. The van der Waals surface area contributed by atoms with E-state index in [1.807, 2.05) is 13.8 Å². The summed E-state index contributed by atoms with van der Waals surface area (Å²) in [6.07, 6.45) is 0.999. The maximum absolute atomic E-state index is 5.35. The zero-order valence-electron chi connectivity index (χ0n) is 18.3. The molecule has 29 heavy (non-hydrogen) atoms. The Balaban J connectivity index is 0.000000166. The van der Waals surface area contributed by atoms with Crippen molar-refractivity contribution in [1.29, 1.82) is 0 Å². The summed E-state index contributed by atoms with van der Waals surface area (Å²) in [6, 6.07) is 8.62. The van der Waals surface area contributed by atoms with Gasteiger partial charge in [0, 0.05) is 60.3 Å². The van der Waals surface area contributed by atoms with Crippen LogP contribution in [0.2, 0.25) is 0 Å². The van der Waals surface area contributed by atoms with Gasteiger partial charge in [-0.15, -0.1) is 0 Å². The minimum atomic E-state index is 0.834. The number of nitrogens with zero attached hydrogens (tertiary/aromatic N) is 4. The van der Waals surface area contributed by atoms with E-state index in [9.17, 15) is 0 Å². The van der Waals surface area contributed by atoms with Gasteiger partial charge in [-0.2, -0.15) is 0 Å². The van der Waals surface area contributed by atoms with Crippen molar-refractivity contribution in [2.24, 2.45) is 0 Å². The Morgan fingerprint density at radius 3 is 1.55 bits per heavy atom. The standard InChI is InChI=1S/C12H18N2O.C11H16N2O/c1-3-11-9-12(8-10(2)13-11)14-4-6-15-7-5-14;1-9-7-11(8-10(2)12-9)13-3-5-14-6-4-13/h8-9H,3-7H2,1-2H3;7-8H,3-6H2,1-2H3. The Hall–Kier alpha value is -2.18. The third-order valence-corrected chi connectivity index (χ3v) is 5.17. The van der Waals surface area contributed by atoms with E-state index in [2.05, 4.69) is 57.9 Å². The summed E-state index contributed by atoms with van der Waals surface area (Å²) in [4.78, 5) is 13.6. The van der Waals surface area contributed by atoms with E-state index < -0.39 is 0 Å². The molecule has 0 unspecified atom stereocenters. The predicted molar refractivity (Wildman–Crippen MR) is 118 cm³/mol. The van der Waals surface area contributed by atoms with Crippen LogP contribution < -0.4 is 9.80 Å². The predicted octanol–water partition coefficient (Wildman–Crippen LogP) is 3.32. The van der Waals surface area contributed by atoms with Crippen LogP contribution >= 0.6 is 0 Å². The van der Waals surface area contributed by atoms with Crippen molar-refractivity contribution in [1.82, 2.24) is 9.97 Å². The molecule has 0 aromatic carbocycles. The Morgan fingerprint density at radius 2 is 1.10 bits per heavy atom. The molecule has 2 saturated heterocycles. The highest BCUT2D eigenvalue weighted by Crippen LogP contribution is 2.19. The monoisotopic (exact) mass is 398 g/mol. The molecule has 6 heteroatoms. The van der Waals surface area contributed by atoms with Gasteiger partial charge in [0.05, 0.1) is 26.4 Å². The first-order valence-corrected chi connectivity index (χ1v) is 10.6. The summed E-state index contributed by atoms with van der Waals surface area (Å²) in [7, 11) is 0. The molecule has 2 fully saturated rings. The van der Waals surface area contributed by atoms with Crippen molar-refractivity contribution in [2.45, 2.75) is 34.1 Å². The van der Waals surface area contributed by atoms with Crippen LogP contribution in [0.25, 0.3) is 0 Å². The maximum Gasteiger partial charge on any atom is 0.0642 e. The maximum atomic E-state index is 5.35. The molecule has 6 nitrogen and oxygen atoms in total. The van der Waals surface area contributed by atoms with Gasteiger partial charge in [0.1, 0.15) is 0 Å². The van der Waals surface area contributed by atoms with Crippen molar-refractivity contribution in [2.75, 3.05) is 62.4 Å². The second kappa shape index (κ2) is 10.6. The molecule has 0 spiro atoms. The van der Waals surface area contributed by atoms with Crippen molar-refractivity contribution in [3.8, 4) is 0 Å². The van der Waals surface area contributed by atoms with Crippen LogP contribution in [0.1, 0.15) is 29.7 Å². The third kappa shape index (κ3) is 6.41. The van der Waals surface area contributed by atoms with Crippen molar-refractivity contribution < 1.29 is 9.47 Å². The Bertz CT molecular complexity index is 764. The average Bonchev–Trinajstić information content (AvgIpc) is 2.74. The first-order valence-electron chi connectivity index (χ1n) is 10.6. The first-order chi connectivity index (χ1) is 14.0. The second-order valence-corrected chi connectivity index (χ2v) is 7.62. The zero-order valence-corrected chi connectivity index (χ0v) is 18.3. The fraction of sp³-hybridized carbons (Fsp3) is 0.565. The van der Waals surface area contributed by atoms with E-state index in [0.717, 1.165) is 76.1 Å². The average molecular weight is 399 g/mol. The highest BCUT2D eigenvalue weighted by Gasteiger charge is 2.13. The van der Waals surface area contributed by atoms with Crippen molar-refractivity contribution in [3.63, 3.8) is 0 Å². The quantitative estimate of drug-likeness (QED) is 0.791. The molecule has 4 heterocycles. The highest BCUT2D eigenvalue weighted by molar-refractivity contribution is 5.49. The molecule has 2 aromatic rings. The molecule has 0 N–H and O–H groups in total. The fourth-order valence-electron chi connectivity index (χ4n) is 3.72. The SMILES string of the molecule is CCc1cc(N2CCOCC2)cc(C)n1.Cc1cc(N2CCOCC2)cc(C)n1. The van der Waals surface area contributed by atoms with Gasteiger partial charge < -0.3 is 19.3 Å². The van der Waals surface area contributed by atoms with E-state index in [-0.39, 0.29) is 0 Å². The molecule has 0 aliphatic carbocycles.